The van der Waals surface area contributed by atoms with Gasteiger partial charge in [-0.3, -0.25) is 0 Å². The normalized spacial score (nSPS) is 16.2. The van der Waals surface area contributed by atoms with Crippen LogP contribution in [0.5, 0.6) is 5.75 Å². The lowest BCUT2D eigenvalue weighted by Gasteiger charge is -2.06. The van der Waals surface area contributed by atoms with Crippen molar-refractivity contribution in [3.05, 3.63) is 26.2 Å². The minimum Gasteiger partial charge on any atom is -0.489 e. The summed E-state index contributed by atoms with van der Waals surface area (Å²) in [6.45, 7) is 0. The lowest BCUT2D eigenvalue weighted by molar-refractivity contribution is 0.301. The number of hydrogen-bond donors (Lipinski definition) is 0. The van der Waals surface area contributed by atoms with Crippen molar-refractivity contribution in [1.29, 1.82) is 0 Å². The lowest BCUT2D eigenvalue weighted by Crippen LogP contribution is -1.97. The molecule has 1 aliphatic rings. The van der Waals surface area contributed by atoms with Crippen molar-refractivity contribution in [1.82, 2.24) is 0 Å². The van der Waals surface area contributed by atoms with Gasteiger partial charge >= 0.3 is 0 Å². The third-order valence-corrected chi connectivity index (χ3v) is 3.05. The Balaban J connectivity index is 2.18. The van der Waals surface area contributed by atoms with Crippen molar-refractivity contribution in [3.63, 3.8) is 0 Å². The Bertz CT molecular complexity index is 297. The van der Waals surface area contributed by atoms with Gasteiger partial charge in [-0.1, -0.05) is 15.9 Å². The molecule has 0 radical (unpaired) electrons. The van der Waals surface area contributed by atoms with Gasteiger partial charge in [0, 0.05) is 4.47 Å². The predicted octanol–water partition coefficient (Wildman–Crippen LogP) is 3.59. The molecule has 12 heavy (non-hydrogen) atoms. The molecule has 0 atom stereocenters. The van der Waals surface area contributed by atoms with Crippen LogP contribution in [0.1, 0.15) is 12.8 Å². The third-order valence-electron chi connectivity index (χ3n) is 1.71. The van der Waals surface area contributed by atoms with E-state index >= 15 is 0 Å². The fourth-order valence-corrected chi connectivity index (χ4v) is 2.37. The summed E-state index contributed by atoms with van der Waals surface area (Å²) >= 11 is 5.71. The van der Waals surface area contributed by atoms with Gasteiger partial charge in [0.05, 0.1) is 9.67 Å². The molecule has 2 rings (SSSR count). The number of hydrogen-bond acceptors (Lipinski definition) is 1. The maximum atomic E-state index is 5.68. The molecule has 0 spiro atoms. The zero-order valence-corrected chi connectivity index (χ0v) is 10.1. The van der Waals surface area contributed by atoms with Crippen molar-refractivity contribution in [3.8, 4) is 5.75 Å². The lowest BCUT2D eigenvalue weighted by atomic mass is 10.3. The first kappa shape index (κ1) is 8.81. The summed E-state index contributed by atoms with van der Waals surface area (Å²) in [5.41, 5.74) is 0. The van der Waals surface area contributed by atoms with E-state index in [4.69, 9.17) is 4.74 Å². The summed E-state index contributed by atoms with van der Waals surface area (Å²) in [7, 11) is 0. The summed E-state index contributed by atoms with van der Waals surface area (Å²) < 4.78 is 7.96. The summed E-state index contributed by atoms with van der Waals surface area (Å²) in [6, 6.07) is 6.10. The Morgan fingerprint density at radius 2 is 2.17 bits per heavy atom. The molecule has 1 aliphatic carbocycles. The molecule has 0 amide bonds. The standard InChI is InChI=1S/C9H8BrIO/c10-6-1-4-9(8(11)5-6)12-7-2-3-7/h1,4-5,7H,2-3H2. The number of ether oxygens (including phenoxy) is 1. The van der Waals surface area contributed by atoms with Crippen LogP contribution < -0.4 is 4.74 Å². The highest BCUT2D eigenvalue weighted by Gasteiger charge is 2.24. The predicted molar refractivity (Wildman–Crippen MR) is 60.5 cm³/mol. The maximum Gasteiger partial charge on any atom is 0.133 e. The monoisotopic (exact) mass is 338 g/mol. The van der Waals surface area contributed by atoms with Crippen LogP contribution in [0.2, 0.25) is 0 Å². The SMILES string of the molecule is Brc1ccc(OC2CC2)c(I)c1. The summed E-state index contributed by atoms with van der Waals surface area (Å²) in [6.07, 6.45) is 2.91. The van der Waals surface area contributed by atoms with Gasteiger partial charge in [-0.05, 0) is 53.6 Å². The van der Waals surface area contributed by atoms with Crippen LogP contribution in [-0.4, -0.2) is 6.10 Å². The van der Waals surface area contributed by atoms with Crippen LogP contribution in [-0.2, 0) is 0 Å². The first-order chi connectivity index (χ1) is 5.75. The van der Waals surface area contributed by atoms with Gasteiger partial charge in [0.15, 0.2) is 0 Å². The van der Waals surface area contributed by atoms with Crippen LogP contribution in [0.15, 0.2) is 22.7 Å². The first-order valence-corrected chi connectivity index (χ1v) is 5.74. The Labute approximate surface area is 93.8 Å². The molecule has 1 nitrogen and oxygen atoms in total. The second-order valence-electron chi connectivity index (χ2n) is 2.89. The van der Waals surface area contributed by atoms with E-state index in [1.165, 1.54) is 16.4 Å². The Kier molecular flexibility index (Phi) is 2.60. The molecule has 1 fully saturated rings. The molecule has 0 saturated heterocycles. The Morgan fingerprint density at radius 1 is 1.42 bits per heavy atom. The van der Waals surface area contributed by atoms with E-state index in [1.54, 1.807) is 0 Å². The highest BCUT2D eigenvalue weighted by molar-refractivity contribution is 14.1. The van der Waals surface area contributed by atoms with Gasteiger partial charge < -0.3 is 4.74 Å². The smallest absolute Gasteiger partial charge is 0.133 e. The quantitative estimate of drug-likeness (QED) is 0.749. The topological polar surface area (TPSA) is 9.23 Å². The minimum absolute atomic E-state index is 0.486. The molecule has 0 unspecified atom stereocenters. The fourth-order valence-electron chi connectivity index (χ4n) is 0.936. The van der Waals surface area contributed by atoms with E-state index in [-0.39, 0.29) is 0 Å². The average molecular weight is 339 g/mol. The van der Waals surface area contributed by atoms with Crippen LogP contribution >= 0.6 is 38.5 Å². The molecule has 64 valence electrons. The first-order valence-electron chi connectivity index (χ1n) is 3.87. The van der Waals surface area contributed by atoms with Gasteiger partial charge in [0.1, 0.15) is 5.75 Å². The number of halogens is 2. The van der Waals surface area contributed by atoms with Crippen molar-refractivity contribution in [2.75, 3.05) is 0 Å². The van der Waals surface area contributed by atoms with Gasteiger partial charge in [-0.15, -0.1) is 0 Å². The van der Waals surface area contributed by atoms with Crippen molar-refractivity contribution in [2.45, 2.75) is 18.9 Å². The molecular weight excluding hydrogens is 331 g/mol. The molecule has 0 aliphatic heterocycles. The second kappa shape index (κ2) is 3.54. The molecule has 1 saturated carbocycles. The third kappa shape index (κ3) is 2.13. The zero-order chi connectivity index (χ0) is 8.55. The molecule has 3 heteroatoms. The van der Waals surface area contributed by atoms with E-state index in [2.05, 4.69) is 44.6 Å². The van der Waals surface area contributed by atoms with Crippen molar-refractivity contribution in [2.24, 2.45) is 0 Å². The maximum absolute atomic E-state index is 5.68. The minimum atomic E-state index is 0.486. The molecule has 0 bridgehead atoms. The fraction of sp³-hybridized carbons (Fsp3) is 0.333. The molecular formula is C9H8BrIO. The molecule has 1 aromatic rings. The molecule has 0 heterocycles. The van der Waals surface area contributed by atoms with Crippen LogP contribution in [0, 0.1) is 3.57 Å². The van der Waals surface area contributed by atoms with Gasteiger partial charge in [-0.2, -0.15) is 0 Å². The molecule has 0 N–H and O–H groups in total. The van der Waals surface area contributed by atoms with Gasteiger partial charge in [0.2, 0.25) is 0 Å². The van der Waals surface area contributed by atoms with Crippen molar-refractivity contribution >= 4 is 38.5 Å². The van der Waals surface area contributed by atoms with E-state index in [1.807, 2.05) is 12.1 Å². The van der Waals surface area contributed by atoms with Crippen LogP contribution in [0.25, 0.3) is 0 Å². The number of rotatable bonds is 2. The van der Waals surface area contributed by atoms with Crippen LogP contribution in [0.4, 0.5) is 0 Å². The van der Waals surface area contributed by atoms with E-state index in [0.29, 0.717) is 6.10 Å². The van der Waals surface area contributed by atoms with Gasteiger partial charge in [-0.25, -0.2) is 0 Å². The average Bonchev–Trinajstić information content (AvgIpc) is 2.79. The van der Waals surface area contributed by atoms with E-state index in [0.717, 1.165) is 10.2 Å². The molecule has 1 aromatic carbocycles. The summed E-state index contributed by atoms with van der Waals surface area (Å²) in [4.78, 5) is 0. The van der Waals surface area contributed by atoms with E-state index < -0.39 is 0 Å². The Hall–Kier alpha value is 0.230. The highest BCUT2D eigenvalue weighted by atomic mass is 127. The second-order valence-corrected chi connectivity index (χ2v) is 4.97. The zero-order valence-electron chi connectivity index (χ0n) is 6.39. The van der Waals surface area contributed by atoms with Gasteiger partial charge in [0.25, 0.3) is 0 Å². The Morgan fingerprint density at radius 3 is 2.75 bits per heavy atom. The van der Waals surface area contributed by atoms with E-state index in [9.17, 15) is 0 Å². The summed E-state index contributed by atoms with van der Waals surface area (Å²) in [5, 5.41) is 0. The molecule has 0 aromatic heterocycles. The number of benzene rings is 1. The van der Waals surface area contributed by atoms with Crippen molar-refractivity contribution < 1.29 is 4.74 Å². The largest absolute Gasteiger partial charge is 0.489 e. The van der Waals surface area contributed by atoms with Crippen LogP contribution in [0.3, 0.4) is 0 Å². The summed E-state index contributed by atoms with van der Waals surface area (Å²) in [5.74, 6) is 1.02. The highest BCUT2D eigenvalue weighted by Crippen LogP contribution is 2.31.